The van der Waals surface area contributed by atoms with Crippen LogP contribution in [0.2, 0.25) is 0 Å². The first-order valence-corrected chi connectivity index (χ1v) is 11.2. The molecule has 4 aromatic carbocycles. The lowest BCUT2D eigenvalue weighted by Gasteiger charge is -2.08. The van der Waals surface area contributed by atoms with E-state index >= 15 is 0 Å². The van der Waals surface area contributed by atoms with Gasteiger partial charge in [-0.25, -0.2) is 4.79 Å². The smallest absolute Gasteiger partial charge is 0.343 e. The summed E-state index contributed by atoms with van der Waals surface area (Å²) in [6.45, 7) is 0. The van der Waals surface area contributed by atoms with Gasteiger partial charge in [-0.1, -0.05) is 56.0 Å². The Morgan fingerprint density at radius 3 is 1.43 bits per heavy atom. The third-order valence-electron chi connectivity index (χ3n) is 4.67. The first-order valence-electron chi connectivity index (χ1n) is 10.8. The van der Waals surface area contributed by atoms with Crippen molar-refractivity contribution in [2.45, 2.75) is 7.43 Å². The van der Waals surface area contributed by atoms with Crippen LogP contribution in [-0.2, 0) is 0 Å². The maximum Gasteiger partial charge on any atom is 0.343 e. The van der Waals surface area contributed by atoms with Crippen LogP contribution in [0.25, 0.3) is 0 Å². The number of aromatic hydroxyl groups is 5. The van der Waals surface area contributed by atoms with Gasteiger partial charge in [0.15, 0.2) is 12.6 Å². The van der Waals surface area contributed by atoms with Gasteiger partial charge in [0.2, 0.25) is 0 Å². The average Bonchev–Trinajstić information content (AvgIpc) is 2.90. The van der Waals surface area contributed by atoms with E-state index in [0.29, 0.717) is 23.7 Å². The molecule has 0 aliphatic carbocycles. The summed E-state index contributed by atoms with van der Waals surface area (Å²) in [6, 6.07) is 20.9. The second-order valence-corrected chi connectivity index (χ2v) is 7.75. The quantitative estimate of drug-likeness (QED) is 0.0899. The van der Waals surface area contributed by atoms with E-state index in [2.05, 4.69) is 0 Å². The van der Waals surface area contributed by atoms with Gasteiger partial charge in [0.25, 0.3) is 5.24 Å². The number of carbonyl (C=O) groups is 4. The van der Waals surface area contributed by atoms with Gasteiger partial charge in [0.1, 0.15) is 34.5 Å². The monoisotopic (exact) mass is 568 g/mol. The van der Waals surface area contributed by atoms with Crippen LogP contribution in [0.15, 0.2) is 84.9 Å². The Kier molecular flexibility index (Phi) is 12.9. The van der Waals surface area contributed by atoms with Gasteiger partial charge in [0.05, 0.1) is 16.7 Å². The van der Waals surface area contributed by atoms with Crippen LogP contribution in [0, 0.1) is 0 Å². The first kappa shape index (κ1) is 32.7. The van der Waals surface area contributed by atoms with Gasteiger partial charge in [-0.05, 0) is 23.7 Å². The molecular weight excluding hydrogens is 544 g/mol. The largest absolute Gasteiger partial charge is 0.508 e. The zero-order valence-electron chi connectivity index (χ0n) is 19.9. The molecule has 5 N–H and O–H groups in total. The maximum absolute atomic E-state index is 11.8. The Bertz CT molecular complexity index is 1430. The zero-order valence-corrected chi connectivity index (χ0v) is 20.6. The fraction of sp³-hybridized carbons (Fsp3) is 0.0345. The van der Waals surface area contributed by atoms with E-state index in [1.165, 1.54) is 0 Å². The van der Waals surface area contributed by atoms with Gasteiger partial charge in [-0.3, -0.25) is 14.4 Å². The van der Waals surface area contributed by atoms with Crippen LogP contribution in [0.1, 0.15) is 48.9 Å². The summed E-state index contributed by atoms with van der Waals surface area (Å²) in [6.07, 6.45) is 0.659. The molecule has 0 aliphatic heterocycles. The molecule has 4 rings (SSSR count). The number of ether oxygens (including phenoxy) is 1. The predicted octanol–water partition coefficient (Wildman–Crippen LogP) is 5.45. The van der Waals surface area contributed by atoms with Crippen molar-refractivity contribution in [3.05, 3.63) is 107 Å². The Balaban J connectivity index is 0.000000324. The molecule has 0 amide bonds. The number of carbonyl (C=O) groups excluding carboxylic acids is 4. The van der Waals surface area contributed by atoms with E-state index in [4.69, 9.17) is 31.7 Å². The van der Waals surface area contributed by atoms with Gasteiger partial charge < -0.3 is 30.3 Å². The van der Waals surface area contributed by atoms with Crippen molar-refractivity contribution in [1.29, 1.82) is 0 Å². The van der Waals surface area contributed by atoms with E-state index in [9.17, 15) is 29.4 Å². The second-order valence-electron chi connectivity index (χ2n) is 7.41. The molecule has 0 aromatic heterocycles. The van der Waals surface area contributed by atoms with Crippen molar-refractivity contribution in [3.63, 3.8) is 0 Å². The van der Waals surface area contributed by atoms with Crippen LogP contribution in [0.5, 0.6) is 34.5 Å². The third-order valence-corrected chi connectivity index (χ3v) is 4.89. The number of halogens is 1. The summed E-state index contributed by atoms with van der Waals surface area (Å²) < 4.78 is 4.99. The van der Waals surface area contributed by atoms with Gasteiger partial charge in [-0.2, -0.15) is 0 Å². The minimum absolute atomic E-state index is 0. The summed E-state index contributed by atoms with van der Waals surface area (Å²) in [5.41, 5.74) is 0.422. The third kappa shape index (κ3) is 9.51. The number of hydrogen-bond donors (Lipinski definition) is 5. The van der Waals surface area contributed by atoms with Crippen molar-refractivity contribution < 1.29 is 49.4 Å². The van der Waals surface area contributed by atoms with Gasteiger partial charge in [-0.15, -0.1) is 0 Å². The molecule has 11 heteroatoms. The van der Waals surface area contributed by atoms with E-state index in [1.807, 2.05) is 6.07 Å². The minimum atomic E-state index is -0.686. The molecule has 0 saturated heterocycles. The number of aldehydes is 2. The van der Waals surface area contributed by atoms with E-state index < -0.39 is 28.5 Å². The highest BCUT2D eigenvalue weighted by Gasteiger charge is 2.15. The number of rotatable bonds is 5. The average molecular weight is 569 g/mol. The summed E-state index contributed by atoms with van der Waals surface area (Å²) in [5.74, 6) is -2.79. The summed E-state index contributed by atoms with van der Waals surface area (Å²) in [7, 11) is 0. The first-order chi connectivity index (χ1) is 18.6. The molecule has 4 aromatic rings. The number of esters is 1. The lowest BCUT2D eigenvalue weighted by Crippen LogP contribution is -2.09. The lowest BCUT2D eigenvalue weighted by atomic mass is 10.2. The van der Waals surface area contributed by atoms with Crippen LogP contribution >= 0.6 is 11.6 Å². The molecule has 0 heterocycles. The standard InChI is InChI=1S/C14H10O5.C7H5ClO.C7H6O4.CH4/c15-8-11-12(17)6-10(16)7-13(11)19-14(18)9-4-2-1-3-5-9;8-7(9)6-4-2-1-3-5-6;8-3-5-6(10)1-4(9)2-7(5)11;/h1-8,16-17H;1-5H;1-3,9-11H;1H4. The molecule has 0 radical (unpaired) electrons. The highest BCUT2D eigenvalue weighted by Crippen LogP contribution is 2.32. The Morgan fingerprint density at radius 1 is 0.625 bits per heavy atom. The predicted molar refractivity (Wildman–Crippen MR) is 147 cm³/mol. The molecule has 0 saturated carbocycles. The van der Waals surface area contributed by atoms with Crippen molar-refractivity contribution in [1.82, 2.24) is 0 Å². The Hall–Kier alpha value is -5.35. The molecule has 40 heavy (non-hydrogen) atoms. The molecule has 0 spiro atoms. The molecule has 10 nitrogen and oxygen atoms in total. The van der Waals surface area contributed by atoms with E-state index in [1.54, 1.807) is 54.6 Å². The molecule has 0 bridgehead atoms. The fourth-order valence-electron chi connectivity index (χ4n) is 2.83. The highest BCUT2D eigenvalue weighted by molar-refractivity contribution is 6.67. The summed E-state index contributed by atoms with van der Waals surface area (Å²) >= 11 is 5.16. The van der Waals surface area contributed by atoms with Crippen LogP contribution in [0.3, 0.4) is 0 Å². The molecule has 208 valence electrons. The maximum atomic E-state index is 11.8. The minimum Gasteiger partial charge on any atom is -0.508 e. The highest BCUT2D eigenvalue weighted by atomic mass is 35.5. The number of phenolic OH excluding ortho intramolecular Hbond substituents is 5. The van der Waals surface area contributed by atoms with E-state index in [-0.39, 0.29) is 35.8 Å². The van der Waals surface area contributed by atoms with E-state index in [0.717, 1.165) is 24.3 Å². The van der Waals surface area contributed by atoms with Crippen LogP contribution in [-0.4, -0.2) is 49.3 Å². The van der Waals surface area contributed by atoms with Crippen molar-refractivity contribution >= 4 is 35.4 Å². The number of phenols is 5. The normalized spacial score (nSPS) is 9.32. The fourth-order valence-corrected chi connectivity index (χ4v) is 2.96. The second kappa shape index (κ2) is 15.8. The SMILES string of the molecule is C.O=C(Cl)c1ccccc1.O=Cc1c(O)cc(O)cc1O.O=Cc1c(O)cc(O)cc1OC(=O)c1ccccc1. The van der Waals surface area contributed by atoms with Crippen LogP contribution in [0.4, 0.5) is 0 Å². The van der Waals surface area contributed by atoms with Gasteiger partial charge >= 0.3 is 5.97 Å². The van der Waals surface area contributed by atoms with Crippen LogP contribution < -0.4 is 4.74 Å². The molecule has 0 atom stereocenters. The van der Waals surface area contributed by atoms with Crippen molar-refractivity contribution in [2.75, 3.05) is 0 Å². The molecule has 0 fully saturated rings. The lowest BCUT2D eigenvalue weighted by molar-refractivity contribution is 0.0732. The van der Waals surface area contributed by atoms with Crippen molar-refractivity contribution in [2.24, 2.45) is 0 Å². The summed E-state index contributed by atoms with van der Waals surface area (Å²) in [4.78, 5) is 43.2. The Labute approximate surface area is 233 Å². The van der Waals surface area contributed by atoms with Gasteiger partial charge in [0, 0.05) is 29.8 Å². The molecule has 0 unspecified atom stereocenters. The Morgan fingerprint density at radius 2 is 1.02 bits per heavy atom. The molecule has 0 aliphatic rings. The summed E-state index contributed by atoms with van der Waals surface area (Å²) in [5, 5.41) is 45.0. The topological polar surface area (TPSA) is 179 Å². The number of benzene rings is 4. The molecular formula is C29H25ClO10. The zero-order chi connectivity index (χ0) is 28.9. The number of hydrogen-bond acceptors (Lipinski definition) is 10. The van der Waals surface area contributed by atoms with Crippen molar-refractivity contribution in [3.8, 4) is 34.5 Å².